The Balaban J connectivity index is 1.80. The lowest BCUT2D eigenvalue weighted by Crippen LogP contribution is -1.97. The number of nitrogens with one attached hydrogen (secondary N) is 1. The number of benzene rings is 2. The van der Waals surface area contributed by atoms with Gasteiger partial charge in [0.1, 0.15) is 6.61 Å². The van der Waals surface area contributed by atoms with Crippen LogP contribution in [-0.4, -0.2) is 4.98 Å². The molecule has 2 aromatic carbocycles. The van der Waals surface area contributed by atoms with Crippen LogP contribution in [0.4, 0.5) is 4.39 Å². The van der Waals surface area contributed by atoms with Crippen LogP contribution in [0.5, 0.6) is 5.75 Å². The number of aromatic amines is 1. The van der Waals surface area contributed by atoms with Gasteiger partial charge in [0.15, 0.2) is 11.6 Å². The number of rotatable bonds is 3. The quantitative estimate of drug-likeness (QED) is 0.745. The maximum Gasteiger partial charge on any atom is 0.165 e. The Morgan fingerprint density at radius 2 is 1.95 bits per heavy atom. The summed E-state index contributed by atoms with van der Waals surface area (Å²) in [5.41, 5.74) is 3.22. The van der Waals surface area contributed by atoms with E-state index < -0.39 is 0 Å². The van der Waals surface area contributed by atoms with Gasteiger partial charge in [-0.3, -0.25) is 0 Å². The van der Waals surface area contributed by atoms with Gasteiger partial charge in [-0.2, -0.15) is 0 Å². The first-order valence-electron chi connectivity index (χ1n) is 6.18. The van der Waals surface area contributed by atoms with Gasteiger partial charge >= 0.3 is 0 Å². The van der Waals surface area contributed by atoms with Crippen LogP contribution in [0.15, 0.2) is 48.5 Å². The molecule has 1 aromatic heterocycles. The van der Waals surface area contributed by atoms with Crippen LogP contribution in [0.25, 0.3) is 10.9 Å². The molecule has 1 heterocycles. The number of H-pyrrole nitrogens is 1. The van der Waals surface area contributed by atoms with Crippen molar-refractivity contribution >= 4 is 10.9 Å². The molecule has 3 heteroatoms. The highest BCUT2D eigenvalue weighted by Gasteiger charge is 2.04. The summed E-state index contributed by atoms with van der Waals surface area (Å²) in [7, 11) is 0. The first-order valence-corrected chi connectivity index (χ1v) is 6.18. The number of ether oxygens (including phenoxy) is 1. The van der Waals surface area contributed by atoms with Gasteiger partial charge in [-0.15, -0.1) is 0 Å². The van der Waals surface area contributed by atoms with Crippen LogP contribution in [0.1, 0.15) is 11.3 Å². The number of aryl methyl sites for hydroxylation is 1. The predicted molar refractivity (Wildman–Crippen MR) is 73.8 cm³/mol. The van der Waals surface area contributed by atoms with Crippen molar-refractivity contribution in [1.29, 1.82) is 0 Å². The Morgan fingerprint density at radius 3 is 2.79 bits per heavy atom. The smallest absolute Gasteiger partial charge is 0.165 e. The molecule has 19 heavy (non-hydrogen) atoms. The van der Waals surface area contributed by atoms with Crippen LogP contribution >= 0.6 is 0 Å². The van der Waals surface area contributed by atoms with Crippen molar-refractivity contribution in [3.8, 4) is 5.75 Å². The van der Waals surface area contributed by atoms with Gasteiger partial charge in [0, 0.05) is 10.9 Å². The van der Waals surface area contributed by atoms with E-state index in [0.717, 1.165) is 16.6 Å². The molecule has 2 nitrogen and oxygen atoms in total. The predicted octanol–water partition coefficient (Wildman–Crippen LogP) is 4.19. The van der Waals surface area contributed by atoms with E-state index in [-0.39, 0.29) is 11.6 Å². The molecule has 96 valence electrons. The maximum absolute atomic E-state index is 13.4. The minimum Gasteiger partial charge on any atom is -0.484 e. The fraction of sp³-hybridized carbons (Fsp3) is 0.125. The largest absolute Gasteiger partial charge is 0.484 e. The molecule has 0 aliphatic carbocycles. The first kappa shape index (κ1) is 11.8. The highest BCUT2D eigenvalue weighted by atomic mass is 19.1. The monoisotopic (exact) mass is 255 g/mol. The van der Waals surface area contributed by atoms with Crippen LogP contribution in [0.2, 0.25) is 0 Å². The topological polar surface area (TPSA) is 25.0 Å². The molecule has 0 bridgehead atoms. The van der Waals surface area contributed by atoms with Crippen molar-refractivity contribution in [1.82, 2.24) is 4.98 Å². The van der Waals surface area contributed by atoms with Crippen molar-refractivity contribution in [3.05, 3.63) is 65.6 Å². The third-order valence-electron chi connectivity index (χ3n) is 3.05. The van der Waals surface area contributed by atoms with Crippen LogP contribution in [0, 0.1) is 12.7 Å². The van der Waals surface area contributed by atoms with Crippen molar-refractivity contribution in [2.75, 3.05) is 0 Å². The molecule has 0 saturated heterocycles. The van der Waals surface area contributed by atoms with Gasteiger partial charge < -0.3 is 9.72 Å². The summed E-state index contributed by atoms with van der Waals surface area (Å²) in [6.45, 7) is 2.39. The summed E-state index contributed by atoms with van der Waals surface area (Å²) in [5.74, 6) is -0.0632. The molecule has 0 aliphatic rings. The Hall–Kier alpha value is -2.29. The number of para-hydroxylation sites is 1. The number of hydrogen-bond donors (Lipinski definition) is 1. The summed E-state index contributed by atoms with van der Waals surface area (Å²) >= 11 is 0. The van der Waals surface area contributed by atoms with Gasteiger partial charge in [0.25, 0.3) is 0 Å². The van der Waals surface area contributed by atoms with E-state index in [1.54, 1.807) is 18.2 Å². The van der Waals surface area contributed by atoms with Gasteiger partial charge in [-0.05, 0) is 37.3 Å². The highest BCUT2D eigenvalue weighted by Crippen LogP contribution is 2.20. The maximum atomic E-state index is 13.4. The first-order chi connectivity index (χ1) is 9.22. The standard InChI is InChI=1S/C16H14FNO/c1-11-6-7-15-12(8-11)9-13(18-15)10-19-16-5-3-2-4-14(16)17/h2-9,18H,10H2,1H3. The Morgan fingerprint density at radius 1 is 1.11 bits per heavy atom. The van der Waals surface area contributed by atoms with E-state index in [1.165, 1.54) is 11.6 Å². The lowest BCUT2D eigenvalue weighted by atomic mass is 10.2. The van der Waals surface area contributed by atoms with E-state index in [1.807, 2.05) is 12.1 Å². The molecule has 0 aliphatic heterocycles. The number of aromatic nitrogens is 1. The summed E-state index contributed by atoms with van der Waals surface area (Å²) in [6, 6.07) is 14.7. The Labute approximate surface area is 110 Å². The molecule has 1 N–H and O–H groups in total. The van der Waals surface area contributed by atoms with E-state index in [2.05, 4.69) is 24.0 Å². The van der Waals surface area contributed by atoms with Crippen LogP contribution in [0.3, 0.4) is 0 Å². The van der Waals surface area contributed by atoms with Gasteiger partial charge in [-0.25, -0.2) is 4.39 Å². The summed E-state index contributed by atoms with van der Waals surface area (Å²) in [6.07, 6.45) is 0. The molecular formula is C16H14FNO. The number of halogens is 1. The van der Waals surface area contributed by atoms with Gasteiger partial charge in [0.05, 0.1) is 5.69 Å². The van der Waals surface area contributed by atoms with Crippen LogP contribution < -0.4 is 4.74 Å². The molecule has 0 unspecified atom stereocenters. The zero-order valence-electron chi connectivity index (χ0n) is 10.6. The van der Waals surface area contributed by atoms with Crippen molar-refractivity contribution in [2.24, 2.45) is 0 Å². The fourth-order valence-electron chi connectivity index (χ4n) is 2.11. The zero-order valence-corrected chi connectivity index (χ0v) is 10.6. The van der Waals surface area contributed by atoms with E-state index in [0.29, 0.717) is 6.61 Å². The summed E-state index contributed by atoms with van der Waals surface area (Å²) in [5, 5.41) is 1.15. The lowest BCUT2D eigenvalue weighted by molar-refractivity contribution is 0.287. The average Bonchev–Trinajstić information content (AvgIpc) is 2.79. The summed E-state index contributed by atoms with van der Waals surface area (Å²) in [4.78, 5) is 3.27. The molecule has 0 atom stereocenters. The minimum atomic E-state index is -0.338. The zero-order chi connectivity index (χ0) is 13.2. The normalized spacial score (nSPS) is 10.8. The second kappa shape index (κ2) is 4.76. The molecule has 0 fully saturated rings. The van der Waals surface area contributed by atoms with E-state index >= 15 is 0 Å². The SMILES string of the molecule is Cc1ccc2[nH]c(COc3ccccc3F)cc2c1. The molecule has 0 amide bonds. The number of fused-ring (bicyclic) bond motifs is 1. The fourth-order valence-corrected chi connectivity index (χ4v) is 2.11. The van der Waals surface area contributed by atoms with E-state index in [9.17, 15) is 4.39 Å². The minimum absolute atomic E-state index is 0.275. The Kier molecular flexibility index (Phi) is 2.95. The van der Waals surface area contributed by atoms with Crippen molar-refractivity contribution in [2.45, 2.75) is 13.5 Å². The Bertz CT molecular complexity index is 718. The highest BCUT2D eigenvalue weighted by molar-refractivity contribution is 5.81. The molecule has 3 rings (SSSR count). The molecule has 3 aromatic rings. The molecule has 0 radical (unpaired) electrons. The second-order valence-corrected chi connectivity index (χ2v) is 4.60. The molecule has 0 spiro atoms. The third-order valence-corrected chi connectivity index (χ3v) is 3.05. The van der Waals surface area contributed by atoms with Crippen LogP contribution in [-0.2, 0) is 6.61 Å². The van der Waals surface area contributed by atoms with Gasteiger partial charge in [-0.1, -0.05) is 23.8 Å². The van der Waals surface area contributed by atoms with Crippen molar-refractivity contribution in [3.63, 3.8) is 0 Å². The molecule has 0 saturated carbocycles. The van der Waals surface area contributed by atoms with Crippen molar-refractivity contribution < 1.29 is 9.13 Å². The summed E-state index contributed by atoms with van der Waals surface area (Å²) < 4.78 is 18.9. The van der Waals surface area contributed by atoms with E-state index in [4.69, 9.17) is 4.74 Å². The lowest BCUT2D eigenvalue weighted by Gasteiger charge is -2.05. The molecular weight excluding hydrogens is 241 g/mol. The number of hydrogen-bond acceptors (Lipinski definition) is 1. The average molecular weight is 255 g/mol. The second-order valence-electron chi connectivity index (χ2n) is 4.60. The van der Waals surface area contributed by atoms with Gasteiger partial charge in [0.2, 0.25) is 0 Å². The third kappa shape index (κ3) is 2.45.